The summed E-state index contributed by atoms with van der Waals surface area (Å²) >= 11 is 0. The molecule has 2 heterocycles. The molecule has 114 valence electrons. The summed E-state index contributed by atoms with van der Waals surface area (Å²) in [6, 6.07) is 0. The van der Waals surface area contributed by atoms with Gasteiger partial charge in [-0.2, -0.15) is 0 Å². The van der Waals surface area contributed by atoms with E-state index in [2.05, 4.69) is 5.32 Å². The maximum Gasteiger partial charge on any atom is 0.239 e. The van der Waals surface area contributed by atoms with Gasteiger partial charge in [-0.15, -0.1) is 0 Å². The van der Waals surface area contributed by atoms with Crippen LogP contribution in [-0.2, 0) is 19.4 Å². The van der Waals surface area contributed by atoms with Crippen molar-refractivity contribution in [1.82, 2.24) is 10.2 Å². The Balaban J connectivity index is 1.73. The van der Waals surface area contributed by atoms with Crippen LogP contribution in [0.2, 0.25) is 0 Å². The highest BCUT2D eigenvalue weighted by Gasteiger charge is 2.28. The predicted molar refractivity (Wildman–Crippen MR) is 74.8 cm³/mol. The third-order valence-corrected chi connectivity index (χ3v) is 5.76. The fourth-order valence-electron chi connectivity index (χ4n) is 2.73. The van der Waals surface area contributed by atoms with E-state index in [1.807, 2.05) is 0 Å². The molecule has 2 rings (SSSR count). The average Bonchev–Trinajstić information content (AvgIpc) is 2.61. The van der Waals surface area contributed by atoms with Crippen molar-refractivity contribution in [2.24, 2.45) is 5.92 Å². The summed E-state index contributed by atoms with van der Waals surface area (Å²) in [7, 11) is -2.90. The molecule has 0 aromatic heterocycles. The quantitative estimate of drug-likeness (QED) is 0.788. The van der Waals surface area contributed by atoms with E-state index in [-0.39, 0.29) is 35.8 Å². The topological polar surface area (TPSA) is 83.6 Å². The molecule has 2 saturated heterocycles. The molecule has 0 bridgehead atoms. The Morgan fingerprint density at radius 2 is 2.10 bits per heavy atom. The summed E-state index contributed by atoms with van der Waals surface area (Å²) < 4.78 is 22.6. The molecule has 1 atom stereocenters. The summed E-state index contributed by atoms with van der Waals surface area (Å²) in [6.07, 6.45) is 4.01. The van der Waals surface area contributed by atoms with Crippen molar-refractivity contribution in [3.63, 3.8) is 0 Å². The lowest BCUT2D eigenvalue weighted by Gasteiger charge is -2.20. The molecule has 0 aliphatic carbocycles. The Morgan fingerprint density at radius 3 is 2.80 bits per heavy atom. The SMILES string of the molecule is O=C(CN1CCCCCC1=O)NC[C@@H]1CCS(=O)(=O)C1. The van der Waals surface area contributed by atoms with Gasteiger partial charge in [0, 0.05) is 19.5 Å². The molecule has 0 spiro atoms. The first-order valence-corrected chi connectivity index (χ1v) is 9.03. The lowest BCUT2D eigenvalue weighted by atomic mass is 10.1. The Kier molecular flexibility index (Phi) is 5.01. The second-order valence-corrected chi connectivity index (χ2v) is 7.93. The summed E-state index contributed by atoms with van der Waals surface area (Å²) in [6.45, 7) is 1.13. The van der Waals surface area contributed by atoms with Crippen LogP contribution in [0.15, 0.2) is 0 Å². The van der Waals surface area contributed by atoms with Crippen LogP contribution in [0.3, 0.4) is 0 Å². The smallest absolute Gasteiger partial charge is 0.239 e. The Bertz CT molecular complexity index is 475. The Labute approximate surface area is 119 Å². The predicted octanol–water partition coefficient (Wildman–Crippen LogP) is -0.0601. The summed E-state index contributed by atoms with van der Waals surface area (Å²) in [5.74, 6) is 0.253. The lowest BCUT2D eigenvalue weighted by Crippen LogP contribution is -2.41. The minimum absolute atomic E-state index is 0.0174. The van der Waals surface area contributed by atoms with Gasteiger partial charge in [-0.05, 0) is 25.2 Å². The molecular formula is C13H22N2O4S. The van der Waals surface area contributed by atoms with Crippen LogP contribution in [-0.4, -0.2) is 56.3 Å². The molecule has 2 fully saturated rings. The fraction of sp³-hybridized carbons (Fsp3) is 0.846. The first-order chi connectivity index (χ1) is 9.46. The highest BCUT2D eigenvalue weighted by Crippen LogP contribution is 2.17. The molecule has 0 aromatic rings. The van der Waals surface area contributed by atoms with Gasteiger partial charge in [0.1, 0.15) is 0 Å². The molecule has 0 aromatic carbocycles. The van der Waals surface area contributed by atoms with Crippen LogP contribution in [0.1, 0.15) is 32.1 Å². The van der Waals surface area contributed by atoms with Crippen molar-refractivity contribution in [3.8, 4) is 0 Å². The molecule has 0 saturated carbocycles. The van der Waals surface area contributed by atoms with Gasteiger partial charge in [-0.1, -0.05) is 6.42 Å². The molecule has 20 heavy (non-hydrogen) atoms. The number of amides is 2. The van der Waals surface area contributed by atoms with Crippen molar-refractivity contribution in [2.75, 3.05) is 31.1 Å². The van der Waals surface area contributed by atoms with Gasteiger partial charge in [0.25, 0.3) is 0 Å². The van der Waals surface area contributed by atoms with Crippen molar-refractivity contribution in [1.29, 1.82) is 0 Å². The zero-order valence-electron chi connectivity index (χ0n) is 11.6. The molecule has 0 unspecified atom stereocenters. The molecule has 2 amide bonds. The van der Waals surface area contributed by atoms with Gasteiger partial charge in [0.2, 0.25) is 11.8 Å². The lowest BCUT2D eigenvalue weighted by molar-refractivity contribution is -0.135. The van der Waals surface area contributed by atoms with E-state index < -0.39 is 9.84 Å². The van der Waals surface area contributed by atoms with E-state index in [1.165, 1.54) is 0 Å². The Hall–Kier alpha value is -1.11. The van der Waals surface area contributed by atoms with Crippen LogP contribution < -0.4 is 5.32 Å². The Morgan fingerprint density at radius 1 is 1.30 bits per heavy atom. The molecule has 6 nitrogen and oxygen atoms in total. The largest absolute Gasteiger partial charge is 0.354 e. The molecule has 2 aliphatic heterocycles. The van der Waals surface area contributed by atoms with E-state index in [0.29, 0.717) is 25.9 Å². The van der Waals surface area contributed by atoms with Gasteiger partial charge in [-0.25, -0.2) is 8.42 Å². The second kappa shape index (κ2) is 6.56. The van der Waals surface area contributed by atoms with Gasteiger partial charge < -0.3 is 10.2 Å². The van der Waals surface area contributed by atoms with Crippen LogP contribution >= 0.6 is 0 Å². The zero-order chi connectivity index (χ0) is 14.6. The number of carbonyl (C=O) groups excluding carboxylic acids is 2. The number of likely N-dealkylation sites (tertiary alicyclic amines) is 1. The summed E-state index contributed by atoms with van der Waals surface area (Å²) in [5.41, 5.74) is 0. The number of carbonyl (C=O) groups is 2. The van der Waals surface area contributed by atoms with Crippen LogP contribution in [0, 0.1) is 5.92 Å². The standard InChI is InChI=1S/C13H22N2O4S/c16-12(9-15-6-3-1-2-4-13(15)17)14-8-11-5-7-20(18,19)10-11/h11H,1-10H2,(H,14,16)/t11-/m0/s1. The maximum atomic E-state index is 11.8. The summed E-state index contributed by atoms with van der Waals surface area (Å²) in [4.78, 5) is 25.2. The van der Waals surface area contributed by atoms with E-state index >= 15 is 0 Å². The van der Waals surface area contributed by atoms with E-state index in [1.54, 1.807) is 4.90 Å². The number of nitrogens with zero attached hydrogens (tertiary/aromatic N) is 1. The monoisotopic (exact) mass is 302 g/mol. The molecule has 1 N–H and O–H groups in total. The highest BCUT2D eigenvalue weighted by molar-refractivity contribution is 7.91. The second-order valence-electron chi connectivity index (χ2n) is 5.70. The number of sulfone groups is 1. The molecule has 2 aliphatic rings. The number of hydrogen-bond acceptors (Lipinski definition) is 4. The van der Waals surface area contributed by atoms with E-state index in [9.17, 15) is 18.0 Å². The first-order valence-electron chi connectivity index (χ1n) is 7.21. The minimum atomic E-state index is -2.90. The average molecular weight is 302 g/mol. The van der Waals surface area contributed by atoms with Crippen molar-refractivity contribution in [2.45, 2.75) is 32.1 Å². The molecule has 0 radical (unpaired) electrons. The van der Waals surface area contributed by atoms with Crippen LogP contribution in [0.5, 0.6) is 0 Å². The normalized spacial score (nSPS) is 26.3. The van der Waals surface area contributed by atoms with Gasteiger partial charge >= 0.3 is 0 Å². The first kappa shape index (κ1) is 15.3. The molecule has 7 heteroatoms. The highest BCUT2D eigenvalue weighted by atomic mass is 32.2. The number of hydrogen-bond donors (Lipinski definition) is 1. The van der Waals surface area contributed by atoms with Gasteiger partial charge in [-0.3, -0.25) is 9.59 Å². The minimum Gasteiger partial charge on any atom is -0.354 e. The third kappa shape index (κ3) is 4.47. The van der Waals surface area contributed by atoms with Crippen LogP contribution in [0.4, 0.5) is 0 Å². The number of rotatable bonds is 4. The fourth-order valence-corrected chi connectivity index (χ4v) is 4.59. The molecular weight excluding hydrogens is 280 g/mol. The van der Waals surface area contributed by atoms with E-state index in [4.69, 9.17) is 0 Å². The van der Waals surface area contributed by atoms with E-state index in [0.717, 1.165) is 19.3 Å². The third-order valence-electron chi connectivity index (χ3n) is 3.92. The van der Waals surface area contributed by atoms with Crippen molar-refractivity contribution in [3.05, 3.63) is 0 Å². The maximum absolute atomic E-state index is 11.8. The van der Waals surface area contributed by atoms with Crippen LogP contribution in [0.25, 0.3) is 0 Å². The number of nitrogens with one attached hydrogen (secondary N) is 1. The zero-order valence-corrected chi connectivity index (χ0v) is 12.5. The van der Waals surface area contributed by atoms with Gasteiger partial charge in [0.15, 0.2) is 9.84 Å². The van der Waals surface area contributed by atoms with Crippen molar-refractivity contribution < 1.29 is 18.0 Å². The van der Waals surface area contributed by atoms with Crippen molar-refractivity contribution >= 4 is 21.7 Å². The van der Waals surface area contributed by atoms with Gasteiger partial charge in [0.05, 0.1) is 18.1 Å². The summed E-state index contributed by atoms with van der Waals surface area (Å²) in [5, 5.41) is 2.75.